The molecule has 1 aromatic carbocycles. The first-order valence-electron chi connectivity index (χ1n) is 4.54. The van der Waals surface area contributed by atoms with E-state index in [1.54, 1.807) is 25.1 Å². The summed E-state index contributed by atoms with van der Waals surface area (Å²) in [5, 5.41) is -0.309. The maximum atomic E-state index is 11.2. The molecule has 0 bridgehead atoms. The molecule has 0 aromatic heterocycles. The van der Waals surface area contributed by atoms with E-state index >= 15 is 0 Å². The largest absolute Gasteiger partial charge is 0.458 e. The van der Waals surface area contributed by atoms with Gasteiger partial charge in [0, 0.05) is 4.90 Å². The van der Waals surface area contributed by atoms with Gasteiger partial charge in [0.15, 0.2) is 11.5 Å². The minimum Gasteiger partial charge on any atom is -0.458 e. The van der Waals surface area contributed by atoms with Gasteiger partial charge >= 0.3 is 5.30 Å². The lowest BCUT2D eigenvalue weighted by Gasteiger charge is -2.02. The van der Waals surface area contributed by atoms with E-state index < -0.39 is 0 Å². The van der Waals surface area contributed by atoms with Gasteiger partial charge in [0.25, 0.3) is 0 Å². The van der Waals surface area contributed by atoms with Gasteiger partial charge in [-0.15, -0.1) is 0 Å². The molecule has 0 atom stereocenters. The molecule has 0 unspecified atom stereocenters. The summed E-state index contributed by atoms with van der Waals surface area (Å²) in [4.78, 5) is 12.0. The first-order chi connectivity index (χ1) is 7.29. The van der Waals surface area contributed by atoms with Crippen LogP contribution in [0.4, 0.5) is 4.79 Å². The molecule has 1 aliphatic heterocycles. The molecule has 0 saturated carbocycles. The Morgan fingerprint density at radius 3 is 3.07 bits per heavy atom. The minimum atomic E-state index is -0.309. The van der Waals surface area contributed by atoms with E-state index in [2.05, 4.69) is 0 Å². The maximum Gasteiger partial charge on any atom is 0.372 e. The molecule has 0 amide bonds. The van der Waals surface area contributed by atoms with Crippen molar-refractivity contribution in [1.29, 1.82) is 0 Å². The molecule has 1 heterocycles. The average Bonchev–Trinajstić information content (AvgIpc) is 2.65. The number of fused-ring (bicyclic) bond motifs is 1. The van der Waals surface area contributed by atoms with Crippen molar-refractivity contribution in [3.8, 4) is 11.5 Å². The number of rotatable bonds is 2. The molecule has 0 radical (unpaired) electrons. The Hall–Kier alpha value is -1.36. The normalized spacial score (nSPS) is 12.6. The SMILES string of the molecule is CCOC(=O)Sc1ccc2c(c1)OCO2. The molecule has 2 rings (SSSR count). The summed E-state index contributed by atoms with van der Waals surface area (Å²) in [7, 11) is 0. The Balaban J connectivity index is 2.06. The van der Waals surface area contributed by atoms with Crippen molar-refractivity contribution in [3.05, 3.63) is 18.2 Å². The zero-order valence-electron chi connectivity index (χ0n) is 8.19. The van der Waals surface area contributed by atoms with E-state index in [-0.39, 0.29) is 12.1 Å². The van der Waals surface area contributed by atoms with Crippen LogP contribution in [0.3, 0.4) is 0 Å². The fourth-order valence-corrected chi connectivity index (χ4v) is 1.86. The van der Waals surface area contributed by atoms with Crippen LogP contribution in [0.25, 0.3) is 0 Å². The molecule has 1 aromatic rings. The highest BCUT2D eigenvalue weighted by molar-refractivity contribution is 8.13. The molecule has 0 fully saturated rings. The Morgan fingerprint density at radius 1 is 1.47 bits per heavy atom. The third-order valence-electron chi connectivity index (χ3n) is 1.81. The van der Waals surface area contributed by atoms with E-state index in [1.807, 2.05) is 0 Å². The highest BCUT2D eigenvalue weighted by Gasteiger charge is 2.14. The zero-order valence-corrected chi connectivity index (χ0v) is 9.00. The lowest BCUT2D eigenvalue weighted by atomic mass is 10.3. The van der Waals surface area contributed by atoms with Crippen LogP contribution in [0.2, 0.25) is 0 Å². The number of benzene rings is 1. The molecule has 0 N–H and O–H groups in total. The van der Waals surface area contributed by atoms with E-state index in [1.165, 1.54) is 0 Å². The predicted octanol–water partition coefficient (Wildman–Crippen LogP) is 2.66. The Labute approximate surface area is 91.5 Å². The minimum absolute atomic E-state index is 0.239. The van der Waals surface area contributed by atoms with E-state index in [4.69, 9.17) is 14.2 Å². The van der Waals surface area contributed by atoms with Gasteiger partial charge in [-0.05, 0) is 36.9 Å². The Morgan fingerprint density at radius 2 is 2.27 bits per heavy atom. The standard InChI is InChI=1S/C10H10O4S/c1-2-12-10(11)15-7-3-4-8-9(5-7)14-6-13-8/h3-5H,2,6H2,1H3. The zero-order chi connectivity index (χ0) is 10.7. The Kier molecular flexibility index (Phi) is 3.01. The van der Waals surface area contributed by atoms with Crippen molar-refractivity contribution < 1.29 is 19.0 Å². The summed E-state index contributed by atoms with van der Waals surface area (Å²) in [6, 6.07) is 5.35. The number of hydrogen-bond acceptors (Lipinski definition) is 5. The van der Waals surface area contributed by atoms with Crippen LogP contribution in [0, 0.1) is 0 Å². The van der Waals surface area contributed by atoms with Crippen molar-refractivity contribution in [3.63, 3.8) is 0 Å². The molecule has 0 spiro atoms. The summed E-state index contributed by atoms with van der Waals surface area (Å²) in [6.07, 6.45) is 0. The van der Waals surface area contributed by atoms with E-state index in [0.29, 0.717) is 18.1 Å². The van der Waals surface area contributed by atoms with Crippen LogP contribution in [0.1, 0.15) is 6.92 Å². The molecule has 1 aliphatic rings. The second kappa shape index (κ2) is 4.44. The third-order valence-corrected chi connectivity index (χ3v) is 2.58. The first kappa shape index (κ1) is 10.2. The fourth-order valence-electron chi connectivity index (χ4n) is 1.18. The lowest BCUT2D eigenvalue weighted by Crippen LogP contribution is -1.95. The lowest BCUT2D eigenvalue weighted by molar-refractivity contribution is 0.174. The second-order valence-corrected chi connectivity index (χ2v) is 3.81. The van der Waals surface area contributed by atoms with Gasteiger partial charge in [-0.1, -0.05) is 0 Å². The molecular weight excluding hydrogens is 216 g/mol. The predicted molar refractivity (Wildman–Crippen MR) is 55.4 cm³/mol. The first-order valence-corrected chi connectivity index (χ1v) is 5.35. The van der Waals surface area contributed by atoms with Crippen molar-refractivity contribution in [2.45, 2.75) is 11.8 Å². The van der Waals surface area contributed by atoms with Crippen molar-refractivity contribution >= 4 is 17.1 Å². The molecule has 0 saturated heterocycles. The number of thioether (sulfide) groups is 1. The van der Waals surface area contributed by atoms with Crippen LogP contribution in [0.15, 0.2) is 23.1 Å². The van der Waals surface area contributed by atoms with Gasteiger partial charge in [0.05, 0.1) is 6.61 Å². The van der Waals surface area contributed by atoms with Crippen molar-refractivity contribution in [1.82, 2.24) is 0 Å². The van der Waals surface area contributed by atoms with Crippen LogP contribution >= 0.6 is 11.8 Å². The molecule has 80 valence electrons. The van der Waals surface area contributed by atoms with Crippen molar-refractivity contribution in [2.75, 3.05) is 13.4 Å². The van der Waals surface area contributed by atoms with Gasteiger partial charge in [-0.3, -0.25) is 0 Å². The second-order valence-electron chi connectivity index (χ2n) is 2.80. The summed E-state index contributed by atoms with van der Waals surface area (Å²) < 4.78 is 15.2. The van der Waals surface area contributed by atoms with Gasteiger partial charge in [0.1, 0.15) is 0 Å². The summed E-state index contributed by atoms with van der Waals surface area (Å²) in [6.45, 7) is 2.40. The summed E-state index contributed by atoms with van der Waals surface area (Å²) in [5.74, 6) is 1.38. The molecule has 15 heavy (non-hydrogen) atoms. The summed E-state index contributed by atoms with van der Waals surface area (Å²) >= 11 is 1.04. The van der Waals surface area contributed by atoms with E-state index in [0.717, 1.165) is 16.7 Å². The van der Waals surface area contributed by atoms with Crippen LogP contribution in [-0.2, 0) is 4.74 Å². The molecule has 4 nitrogen and oxygen atoms in total. The van der Waals surface area contributed by atoms with Gasteiger partial charge in [-0.2, -0.15) is 0 Å². The monoisotopic (exact) mass is 226 g/mol. The summed E-state index contributed by atoms with van der Waals surface area (Å²) in [5.41, 5.74) is 0. The van der Waals surface area contributed by atoms with Crippen LogP contribution in [0.5, 0.6) is 11.5 Å². The molecule has 0 aliphatic carbocycles. The van der Waals surface area contributed by atoms with Gasteiger partial charge in [0.2, 0.25) is 6.79 Å². The third kappa shape index (κ3) is 2.36. The maximum absolute atomic E-state index is 11.2. The van der Waals surface area contributed by atoms with E-state index in [9.17, 15) is 4.79 Å². The van der Waals surface area contributed by atoms with Gasteiger partial charge in [-0.25, -0.2) is 4.79 Å². The number of carbonyl (C=O) groups is 1. The number of ether oxygens (including phenoxy) is 3. The highest BCUT2D eigenvalue weighted by Crippen LogP contribution is 2.35. The highest BCUT2D eigenvalue weighted by atomic mass is 32.2. The number of hydrogen-bond donors (Lipinski definition) is 0. The number of carbonyl (C=O) groups excluding carboxylic acids is 1. The van der Waals surface area contributed by atoms with Crippen LogP contribution < -0.4 is 9.47 Å². The van der Waals surface area contributed by atoms with Crippen LogP contribution in [-0.4, -0.2) is 18.7 Å². The molecule has 5 heteroatoms. The average molecular weight is 226 g/mol. The Bertz CT molecular complexity index is 378. The molecular formula is C10H10O4S. The van der Waals surface area contributed by atoms with Gasteiger partial charge < -0.3 is 14.2 Å². The smallest absolute Gasteiger partial charge is 0.372 e. The topological polar surface area (TPSA) is 44.8 Å². The van der Waals surface area contributed by atoms with Crippen molar-refractivity contribution in [2.24, 2.45) is 0 Å². The quantitative estimate of drug-likeness (QED) is 0.573. The fraction of sp³-hybridized carbons (Fsp3) is 0.300.